The molecule has 168 valence electrons. The summed E-state index contributed by atoms with van der Waals surface area (Å²) >= 11 is 7.07. The molecule has 0 spiro atoms. The van der Waals surface area contributed by atoms with Crippen molar-refractivity contribution in [1.29, 1.82) is 0 Å². The number of methoxy groups -OCH3 is 1. The van der Waals surface area contributed by atoms with Gasteiger partial charge in [-0.3, -0.25) is 14.9 Å². The second kappa shape index (κ2) is 10.8. The van der Waals surface area contributed by atoms with Crippen LogP contribution >= 0.6 is 23.4 Å². The Morgan fingerprint density at radius 3 is 2.66 bits per heavy atom. The number of amides is 1. The van der Waals surface area contributed by atoms with Crippen LogP contribution in [-0.2, 0) is 17.9 Å². The van der Waals surface area contributed by atoms with Crippen molar-refractivity contribution in [3.05, 3.63) is 63.4 Å². The normalized spacial score (nSPS) is 10.6. The van der Waals surface area contributed by atoms with Gasteiger partial charge in [0.1, 0.15) is 18.1 Å². The van der Waals surface area contributed by atoms with Gasteiger partial charge in [0.15, 0.2) is 11.0 Å². The number of thioether (sulfide) groups is 1. The van der Waals surface area contributed by atoms with Crippen LogP contribution in [0.4, 0.5) is 11.4 Å². The van der Waals surface area contributed by atoms with Crippen molar-refractivity contribution in [3.8, 4) is 11.5 Å². The van der Waals surface area contributed by atoms with E-state index in [1.807, 2.05) is 11.5 Å². The largest absolute Gasteiger partial charge is 0.495 e. The van der Waals surface area contributed by atoms with Gasteiger partial charge in [-0.1, -0.05) is 23.4 Å². The average Bonchev–Trinajstić information content (AvgIpc) is 3.19. The van der Waals surface area contributed by atoms with Crippen LogP contribution in [0.15, 0.2) is 47.6 Å². The number of halogens is 1. The van der Waals surface area contributed by atoms with E-state index in [0.29, 0.717) is 34.0 Å². The first-order valence-corrected chi connectivity index (χ1v) is 10.8. The zero-order chi connectivity index (χ0) is 23.1. The molecule has 1 heterocycles. The van der Waals surface area contributed by atoms with E-state index < -0.39 is 4.92 Å². The third-order valence-corrected chi connectivity index (χ3v) is 5.51. The van der Waals surface area contributed by atoms with Gasteiger partial charge in [-0.2, -0.15) is 0 Å². The fourth-order valence-electron chi connectivity index (χ4n) is 2.75. The van der Waals surface area contributed by atoms with Crippen molar-refractivity contribution < 1.29 is 19.2 Å². The summed E-state index contributed by atoms with van der Waals surface area (Å²) in [5, 5.41) is 23.1. The number of ether oxygens (including phenoxy) is 2. The summed E-state index contributed by atoms with van der Waals surface area (Å²) in [4.78, 5) is 22.9. The van der Waals surface area contributed by atoms with Crippen molar-refractivity contribution in [1.82, 2.24) is 14.8 Å². The Morgan fingerprint density at radius 1 is 1.25 bits per heavy atom. The number of carbonyl (C=O) groups is 1. The Hall–Kier alpha value is -3.31. The highest BCUT2D eigenvalue weighted by atomic mass is 35.5. The molecule has 2 aromatic carbocycles. The second-order valence-corrected chi connectivity index (χ2v) is 7.74. The van der Waals surface area contributed by atoms with Crippen LogP contribution in [0, 0.1) is 10.1 Å². The molecule has 32 heavy (non-hydrogen) atoms. The Morgan fingerprint density at radius 2 is 2.00 bits per heavy atom. The molecule has 0 saturated heterocycles. The smallest absolute Gasteiger partial charge is 0.271 e. The first kappa shape index (κ1) is 23.4. The van der Waals surface area contributed by atoms with Crippen molar-refractivity contribution in [2.24, 2.45) is 0 Å². The SMILES string of the molecule is CCn1c(COc2ccc(Cl)cc2)nnc1SCC(=O)Nc1cc([N+](=O)[O-])ccc1OC. The Balaban J connectivity index is 1.62. The number of hydrogen-bond donors (Lipinski definition) is 1. The van der Waals surface area contributed by atoms with Gasteiger partial charge >= 0.3 is 0 Å². The number of nitrogens with one attached hydrogen (secondary N) is 1. The van der Waals surface area contributed by atoms with Gasteiger partial charge in [-0.05, 0) is 37.3 Å². The number of anilines is 1. The zero-order valence-corrected chi connectivity index (χ0v) is 18.9. The van der Waals surface area contributed by atoms with Crippen molar-refractivity contribution >= 4 is 40.6 Å². The lowest BCUT2D eigenvalue weighted by Crippen LogP contribution is -2.15. The number of hydrogen-bond acceptors (Lipinski definition) is 8. The molecule has 0 radical (unpaired) electrons. The average molecular weight is 478 g/mol. The second-order valence-electron chi connectivity index (χ2n) is 6.36. The highest BCUT2D eigenvalue weighted by Gasteiger charge is 2.16. The summed E-state index contributed by atoms with van der Waals surface area (Å²) in [7, 11) is 1.42. The number of carbonyl (C=O) groups excluding carboxylic acids is 1. The minimum atomic E-state index is -0.540. The number of nitrogens with zero attached hydrogens (tertiary/aromatic N) is 4. The fourth-order valence-corrected chi connectivity index (χ4v) is 3.70. The van der Waals surface area contributed by atoms with E-state index in [-0.39, 0.29) is 29.6 Å². The number of aromatic nitrogens is 3. The lowest BCUT2D eigenvalue weighted by molar-refractivity contribution is -0.384. The highest BCUT2D eigenvalue weighted by Crippen LogP contribution is 2.29. The number of benzene rings is 2. The van der Waals surface area contributed by atoms with E-state index in [1.54, 1.807) is 24.3 Å². The Kier molecular flexibility index (Phi) is 7.90. The maximum Gasteiger partial charge on any atom is 0.271 e. The molecule has 0 aliphatic carbocycles. The minimum absolute atomic E-state index is 0.0298. The highest BCUT2D eigenvalue weighted by molar-refractivity contribution is 7.99. The molecular formula is C20H20ClN5O5S. The molecule has 1 amide bonds. The molecule has 0 unspecified atom stereocenters. The summed E-state index contributed by atoms with van der Waals surface area (Å²) < 4.78 is 12.7. The zero-order valence-electron chi connectivity index (χ0n) is 17.3. The van der Waals surface area contributed by atoms with E-state index in [2.05, 4.69) is 15.5 Å². The molecule has 0 bridgehead atoms. The summed E-state index contributed by atoms with van der Waals surface area (Å²) in [5.74, 6) is 1.26. The van der Waals surface area contributed by atoms with E-state index in [0.717, 1.165) is 0 Å². The molecule has 1 aromatic heterocycles. The van der Waals surface area contributed by atoms with Crippen LogP contribution in [0.2, 0.25) is 5.02 Å². The van der Waals surface area contributed by atoms with Gasteiger partial charge in [0.05, 0.1) is 23.5 Å². The summed E-state index contributed by atoms with van der Waals surface area (Å²) in [6.45, 7) is 2.74. The Bertz CT molecular complexity index is 1110. The van der Waals surface area contributed by atoms with E-state index in [1.165, 1.54) is 37.1 Å². The van der Waals surface area contributed by atoms with Crippen LogP contribution in [-0.4, -0.2) is 38.5 Å². The lowest BCUT2D eigenvalue weighted by Gasteiger charge is -2.10. The lowest BCUT2D eigenvalue weighted by atomic mass is 10.2. The van der Waals surface area contributed by atoms with E-state index in [9.17, 15) is 14.9 Å². The molecule has 0 saturated carbocycles. The summed E-state index contributed by atoms with van der Waals surface area (Å²) in [6.07, 6.45) is 0. The van der Waals surface area contributed by atoms with E-state index in [4.69, 9.17) is 21.1 Å². The fraction of sp³-hybridized carbons (Fsp3) is 0.250. The molecule has 0 fully saturated rings. The van der Waals surface area contributed by atoms with E-state index >= 15 is 0 Å². The van der Waals surface area contributed by atoms with Crippen LogP contribution in [0.25, 0.3) is 0 Å². The van der Waals surface area contributed by atoms with Gasteiger partial charge in [-0.25, -0.2) is 0 Å². The van der Waals surface area contributed by atoms with Gasteiger partial charge in [-0.15, -0.1) is 10.2 Å². The number of non-ortho nitro benzene ring substituents is 1. The summed E-state index contributed by atoms with van der Waals surface area (Å²) in [5.41, 5.74) is 0.0751. The first-order chi connectivity index (χ1) is 15.4. The van der Waals surface area contributed by atoms with Crippen LogP contribution in [0.5, 0.6) is 11.5 Å². The monoisotopic (exact) mass is 477 g/mol. The molecule has 3 rings (SSSR count). The topological polar surface area (TPSA) is 121 Å². The molecule has 3 aromatic rings. The van der Waals surface area contributed by atoms with Gasteiger partial charge in [0.25, 0.3) is 5.69 Å². The third-order valence-electron chi connectivity index (χ3n) is 4.29. The van der Waals surface area contributed by atoms with Gasteiger partial charge in [0, 0.05) is 23.7 Å². The van der Waals surface area contributed by atoms with Crippen LogP contribution < -0.4 is 14.8 Å². The maximum atomic E-state index is 12.4. The summed E-state index contributed by atoms with van der Waals surface area (Å²) in [6, 6.07) is 11.0. The Labute approximate surface area is 193 Å². The molecule has 12 heteroatoms. The van der Waals surface area contributed by atoms with Crippen molar-refractivity contribution in [3.63, 3.8) is 0 Å². The van der Waals surface area contributed by atoms with Crippen molar-refractivity contribution in [2.45, 2.75) is 25.2 Å². The standard InChI is InChI=1S/C20H20ClN5O5S/c1-3-25-18(11-31-15-7-4-13(21)5-8-15)23-24-20(25)32-12-19(27)22-16-10-14(26(28)29)6-9-17(16)30-2/h4-10H,3,11-12H2,1-2H3,(H,22,27). The molecule has 0 aliphatic heterocycles. The third kappa shape index (κ3) is 5.89. The number of nitro benzene ring substituents is 1. The minimum Gasteiger partial charge on any atom is -0.495 e. The van der Waals surface area contributed by atoms with Gasteiger partial charge < -0.3 is 19.4 Å². The van der Waals surface area contributed by atoms with Crippen LogP contribution in [0.3, 0.4) is 0 Å². The van der Waals surface area contributed by atoms with Crippen molar-refractivity contribution in [2.75, 3.05) is 18.2 Å². The number of rotatable bonds is 10. The number of nitro groups is 1. The molecule has 1 N–H and O–H groups in total. The predicted octanol–water partition coefficient (Wildman–Crippen LogP) is 4.18. The predicted molar refractivity (Wildman–Crippen MR) is 120 cm³/mol. The molecular weight excluding hydrogens is 458 g/mol. The quantitative estimate of drug-likeness (QED) is 0.262. The molecule has 0 aliphatic rings. The van der Waals surface area contributed by atoms with Gasteiger partial charge in [0.2, 0.25) is 5.91 Å². The molecule has 10 nitrogen and oxygen atoms in total. The van der Waals surface area contributed by atoms with Crippen LogP contribution in [0.1, 0.15) is 12.7 Å². The molecule has 0 atom stereocenters. The first-order valence-electron chi connectivity index (χ1n) is 9.46. The maximum absolute atomic E-state index is 12.4.